The molecule has 1 amide bonds. The smallest absolute Gasteiger partial charge is 0.306 e. The van der Waals surface area contributed by atoms with Gasteiger partial charge in [-0.2, -0.15) is 0 Å². The molecule has 0 saturated carbocycles. The zero-order valence-electron chi connectivity index (χ0n) is 42.5. The number of unbranched alkanes of at least 4 members (excludes halogenated alkanes) is 35. The molecule has 63 heavy (non-hydrogen) atoms. The van der Waals surface area contributed by atoms with Crippen LogP contribution in [-0.4, -0.2) is 46.9 Å². The molecule has 3 atom stereocenters. The first-order valence-electron chi connectivity index (χ1n) is 28.1. The average molecular weight is 889 g/mol. The predicted molar refractivity (Wildman–Crippen MR) is 273 cm³/mol. The van der Waals surface area contributed by atoms with E-state index in [4.69, 9.17) is 4.74 Å². The third-order valence-corrected chi connectivity index (χ3v) is 13.0. The molecule has 3 unspecified atom stereocenters. The van der Waals surface area contributed by atoms with Crippen molar-refractivity contribution in [2.75, 3.05) is 6.61 Å². The first-order valence-corrected chi connectivity index (χ1v) is 28.1. The minimum atomic E-state index is -0.790. The number of hydrogen-bond donors (Lipinski definition) is 3. The Balaban J connectivity index is 4.54. The summed E-state index contributed by atoms with van der Waals surface area (Å²) < 4.78 is 5.94. The topological polar surface area (TPSA) is 95.9 Å². The highest BCUT2D eigenvalue weighted by Gasteiger charge is 2.24. The summed E-state index contributed by atoms with van der Waals surface area (Å²) in [6.45, 7) is 6.49. The fourth-order valence-electron chi connectivity index (χ4n) is 8.72. The molecule has 0 heterocycles. The van der Waals surface area contributed by atoms with Gasteiger partial charge < -0.3 is 20.3 Å². The maximum atomic E-state index is 13.2. The minimum absolute atomic E-state index is 0.0681. The summed E-state index contributed by atoms with van der Waals surface area (Å²) in [4.78, 5) is 26.2. The van der Waals surface area contributed by atoms with Gasteiger partial charge in [-0.15, -0.1) is 0 Å². The van der Waals surface area contributed by atoms with Crippen LogP contribution in [-0.2, 0) is 14.3 Å². The minimum Gasteiger partial charge on any atom is -0.462 e. The molecule has 6 nitrogen and oxygen atoms in total. The second-order valence-electron chi connectivity index (χ2n) is 19.3. The van der Waals surface area contributed by atoms with Gasteiger partial charge in [0.2, 0.25) is 5.91 Å². The summed E-state index contributed by atoms with van der Waals surface area (Å²) in [7, 11) is 0. The maximum Gasteiger partial charge on any atom is 0.306 e. The number of allylic oxidation sites excluding steroid dienone is 4. The van der Waals surface area contributed by atoms with E-state index in [1.165, 1.54) is 193 Å². The zero-order chi connectivity index (χ0) is 45.9. The van der Waals surface area contributed by atoms with Crippen molar-refractivity contribution in [3.8, 4) is 0 Å². The molecule has 0 bridgehead atoms. The van der Waals surface area contributed by atoms with E-state index in [0.717, 1.165) is 64.2 Å². The van der Waals surface area contributed by atoms with E-state index in [-0.39, 0.29) is 24.9 Å². The van der Waals surface area contributed by atoms with Crippen molar-refractivity contribution in [3.63, 3.8) is 0 Å². The third-order valence-electron chi connectivity index (χ3n) is 13.0. The molecule has 0 aromatic rings. The van der Waals surface area contributed by atoms with Gasteiger partial charge in [-0.3, -0.25) is 9.59 Å². The highest BCUT2D eigenvalue weighted by molar-refractivity contribution is 5.77. The fraction of sp³-hybridized carbons (Fsp3) is 0.895. The number of aliphatic hydroxyl groups is 2. The van der Waals surface area contributed by atoms with E-state index in [9.17, 15) is 19.8 Å². The van der Waals surface area contributed by atoms with E-state index in [1.54, 1.807) is 0 Å². The molecule has 0 aliphatic heterocycles. The van der Waals surface area contributed by atoms with E-state index in [1.807, 2.05) is 0 Å². The van der Waals surface area contributed by atoms with E-state index < -0.39 is 18.2 Å². The lowest BCUT2D eigenvalue weighted by Gasteiger charge is -2.24. The standard InChI is InChI=1S/C57H109NO5/c1-4-7-10-13-16-19-22-25-27-29-31-33-36-39-42-45-48-53(63-57(62)50-47-44-41-38-35-24-21-18-15-12-9-6-3)51-56(61)58-54(52-59)55(60)49-46-43-40-37-34-32-30-28-26-23-20-17-14-11-8-5-2/h18,21,31,33,53-55,59-60H,4-17,19-20,22-30,32,34-52H2,1-3H3,(H,58,61)/b21-18-,33-31+. The Kier molecular flexibility index (Phi) is 50.0. The van der Waals surface area contributed by atoms with Crippen LogP contribution >= 0.6 is 0 Å². The van der Waals surface area contributed by atoms with Crippen LogP contribution in [0.5, 0.6) is 0 Å². The van der Waals surface area contributed by atoms with Gasteiger partial charge in [0.1, 0.15) is 6.10 Å². The van der Waals surface area contributed by atoms with Gasteiger partial charge in [0.15, 0.2) is 0 Å². The van der Waals surface area contributed by atoms with Crippen molar-refractivity contribution < 1.29 is 24.5 Å². The molecular formula is C57H109NO5. The molecule has 6 heteroatoms. The Morgan fingerprint density at radius 1 is 0.444 bits per heavy atom. The molecule has 0 rings (SSSR count). The van der Waals surface area contributed by atoms with Gasteiger partial charge in [0.25, 0.3) is 0 Å². The number of amides is 1. The van der Waals surface area contributed by atoms with E-state index >= 15 is 0 Å². The van der Waals surface area contributed by atoms with Gasteiger partial charge in [-0.25, -0.2) is 0 Å². The van der Waals surface area contributed by atoms with Gasteiger partial charge in [0, 0.05) is 6.42 Å². The quantitative estimate of drug-likeness (QED) is 0.0321. The first kappa shape index (κ1) is 61.3. The van der Waals surface area contributed by atoms with Crippen molar-refractivity contribution in [2.24, 2.45) is 0 Å². The molecular weight excluding hydrogens is 779 g/mol. The largest absolute Gasteiger partial charge is 0.462 e. The van der Waals surface area contributed by atoms with Crippen molar-refractivity contribution in [2.45, 2.75) is 322 Å². The Labute approximate surface area is 392 Å². The van der Waals surface area contributed by atoms with Gasteiger partial charge in [0.05, 0.1) is 25.2 Å². The second kappa shape index (κ2) is 51.3. The monoisotopic (exact) mass is 888 g/mol. The Morgan fingerprint density at radius 2 is 0.762 bits per heavy atom. The average Bonchev–Trinajstić information content (AvgIpc) is 3.28. The number of rotatable bonds is 51. The van der Waals surface area contributed by atoms with Crippen molar-refractivity contribution >= 4 is 11.9 Å². The number of aliphatic hydroxyl groups excluding tert-OH is 2. The summed E-state index contributed by atoms with van der Waals surface area (Å²) in [6.07, 6.45) is 59.6. The van der Waals surface area contributed by atoms with Gasteiger partial charge in [-0.1, -0.05) is 238 Å². The van der Waals surface area contributed by atoms with Crippen LogP contribution in [0.4, 0.5) is 0 Å². The number of carbonyl (C=O) groups excluding carboxylic acids is 2. The van der Waals surface area contributed by atoms with Crippen LogP contribution in [0.25, 0.3) is 0 Å². The van der Waals surface area contributed by atoms with Gasteiger partial charge >= 0.3 is 5.97 Å². The van der Waals surface area contributed by atoms with Crippen LogP contribution < -0.4 is 5.32 Å². The molecule has 0 aliphatic rings. The first-order chi connectivity index (χ1) is 31.0. The van der Waals surface area contributed by atoms with Crippen LogP contribution in [0.2, 0.25) is 0 Å². The van der Waals surface area contributed by atoms with Crippen LogP contribution in [0.3, 0.4) is 0 Å². The number of esters is 1. The molecule has 0 spiro atoms. The zero-order valence-corrected chi connectivity index (χ0v) is 42.5. The van der Waals surface area contributed by atoms with Crippen molar-refractivity contribution in [1.29, 1.82) is 0 Å². The maximum absolute atomic E-state index is 13.2. The molecule has 3 N–H and O–H groups in total. The third kappa shape index (κ3) is 46.7. The summed E-state index contributed by atoms with van der Waals surface area (Å²) in [5, 5.41) is 23.9. The molecule has 0 radical (unpaired) electrons. The van der Waals surface area contributed by atoms with Gasteiger partial charge in [-0.05, 0) is 77.0 Å². The number of nitrogens with one attached hydrogen (secondary N) is 1. The normalized spacial score (nSPS) is 13.3. The SMILES string of the molecule is CCCCC/C=C\CCCCCCCC(=O)OC(CCCCC/C=C/CCCCCCCCCCC)CC(=O)NC(CO)C(O)CCCCCCCCCCCCCCCCCC. The number of carbonyl (C=O) groups is 2. The molecule has 0 aliphatic carbocycles. The number of ether oxygens (including phenoxy) is 1. The van der Waals surface area contributed by atoms with Crippen molar-refractivity contribution in [3.05, 3.63) is 24.3 Å². The summed E-state index contributed by atoms with van der Waals surface area (Å²) >= 11 is 0. The lowest BCUT2D eigenvalue weighted by molar-refractivity contribution is -0.151. The van der Waals surface area contributed by atoms with Crippen LogP contribution in [0.1, 0.15) is 303 Å². The highest BCUT2D eigenvalue weighted by atomic mass is 16.5. The number of hydrogen-bond acceptors (Lipinski definition) is 5. The van der Waals surface area contributed by atoms with Crippen LogP contribution in [0, 0.1) is 0 Å². The van der Waals surface area contributed by atoms with E-state index in [2.05, 4.69) is 50.4 Å². The van der Waals surface area contributed by atoms with Crippen molar-refractivity contribution in [1.82, 2.24) is 5.32 Å². The highest BCUT2D eigenvalue weighted by Crippen LogP contribution is 2.18. The second-order valence-corrected chi connectivity index (χ2v) is 19.3. The molecule has 372 valence electrons. The summed E-state index contributed by atoms with van der Waals surface area (Å²) in [5.74, 6) is -0.485. The van der Waals surface area contributed by atoms with Crippen LogP contribution in [0.15, 0.2) is 24.3 Å². The predicted octanol–water partition coefficient (Wildman–Crippen LogP) is 17.1. The Hall–Kier alpha value is -1.66. The Morgan fingerprint density at radius 3 is 1.17 bits per heavy atom. The lowest BCUT2D eigenvalue weighted by Crippen LogP contribution is -2.46. The van der Waals surface area contributed by atoms with E-state index in [0.29, 0.717) is 19.3 Å². The fourth-order valence-corrected chi connectivity index (χ4v) is 8.72. The lowest BCUT2D eigenvalue weighted by atomic mass is 10.0. The molecule has 0 aromatic carbocycles. The molecule has 0 aromatic heterocycles. The Bertz CT molecular complexity index is 997. The summed E-state index contributed by atoms with van der Waals surface area (Å²) in [6, 6.07) is -0.705. The summed E-state index contributed by atoms with van der Waals surface area (Å²) in [5.41, 5.74) is 0. The molecule has 0 saturated heterocycles. The molecule has 0 fully saturated rings.